The molecule has 108 valence electrons. The van der Waals surface area contributed by atoms with Crippen LogP contribution >= 0.6 is 35.6 Å². The number of alkyl halides is 2. The third kappa shape index (κ3) is 2.71. The van der Waals surface area contributed by atoms with Crippen molar-refractivity contribution in [2.45, 2.75) is 10.7 Å². The van der Waals surface area contributed by atoms with Crippen LogP contribution in [0.4, 0.5) is 8.78 Å². The van der Waals surface area contributed by atoms with Gasteiger partial charge in [0.15, 0.2) is 4.77 Å². The standard InChI is InChI=1S/C14H9ClF2N2S2/c15-8-4-3-5-9-12(8)19(14(20)18-9)10-6-1-2-7-11(10)21-13(16)17/h1-7,13H,(H,18,20). The van der Waals surface area contributed by atoms with E-state index in [0.717, 1.165) is 5.52 Å². The van der Waals surface area contributed by atoms with Gasteiger partial charge in [-0.3, -0.25) is 4.57 Å². The molecular weight excluding hydrogens is 334 g/mol. The zero-order chi connectivity index (χ0) is 15.0. The third-order valence-corrected chi connectivity index (χ3v) is 4.34. The monoisotopic (exact) mass is 342 g/mol. The number of para-hydroxylation sites is 2. The van der Waals surface area contributed by atoms with Crippen LogP contribution in [0.5, 0.6) is 0 Å². The Hall–Kier alpha value is -1.37. The Morgan fingerprint density at radius 1 is 1.14 bits per heavy atom. The lowest BCUT2D eigenvalue weighted by molar-refractivity contribution is 0.252. The summed E-state index contributed by atoms with van der Waals surface area (Å²) < 4.78 is 27.6. The maximum Gasteiger partial charge on any atom is 0.288 e. The van der Waals surface area contributed by atoms with Crippen LogP contribution in [0.15, 0.2) is 47.4 Å². The molecule has 0 fully saturated rings. The molecule has 0 bridgehead atoms. The van der Waals surface area contributed by atoms with Crippen LogP contribution in [0, 0.1) is 4.77 Å². The molecule has 0 saturated carbocycles. The van der Waals surface area contributed by atoms with Crippen LogP contribution in [0.25, 0.3) is 16.7 Å². The van der Waals surface area contributed by atoms with Crippen LogP contribution in [0.2, 0.25) is 5.02 Å². The molecule has 0 saturated heterocycles. The molecule has 0 aliphatic rings. The van der Waals surface area contributed by atoms with Gasteiger partial charge in [0.2, 0.25) is 0 Å². The van der Waals surface area contributed by atoms with Crippen LogP contribution in [0.3, 0.4) is 0 Å². The van der Waals surface area contributed by atoms with Crippen LogP contribution in [-0.2, 0) is 0 Å². The average Bonchev–Trinajstić information content (AvgIpc) is 2.76. The summed E-state index contributed by atoms with van der Waals surface area (Å²) in [5.74, 6) is -2.50. The number of fused-ring (bicyclic) bond motifs is 1. The molecule has 0 spiro atoms. The Labute approximate surface area is 133 Å². The number of thioether (sulfide) groups is 1. The summed E-state index contributed by atoms with van der Waals surface area (Å²) in [7, 11) is 0. The highest BCUT2D eigenvalue weighted by Crippen LogP contribution is 2.34. The molecule has 1 N–H and O–H groups in total. The first-order chi connectivity index (χ1) is 10.1. The average molecular weight is 343 g/mol. The maximum atomic E-state index is 12.7. The molecule has 2 aromatic carbocycles. The zero-order valence-corrected chi connectivity index (χ0v) is 12.9. The van der Waals surface area contributed by atoms with Crippen LogP contribution < -0.4 is 0 Å². The third-order valence-electron chi connectivity index (χ3n) is 2.98. The number of benzene rings is 2. The molecule has 7 heteroatoms. The largest absolute Gasteiger partial charge is 0.330 e. The van der Waals surface area contributed by atoms with E-state index in [0.29, 0.717) is 37.7 Å². The number of aromatic amines is 1. The fraction of sp³-hybridized carbons (Fsp3) is 0.0714. The van der Waals surface area contributed by atoms with Crippen molar-refractivity contribution < 1.29 is 8.78 Å². The van der Waals surface area contributed by atoms with Crippen LogP contribution in [-0.4, -0.2) is 15.3 Å². The molecule has 3 aromatic rings. The van der Waals surface area contributed by atoms with Gasteiger partial charge < -0.3 is 4.98 Å². The van der Waals surface area contributed by atoms with E-state index in [2.05, 4.69) is 4.98 Å². The van der Waals surface area contributed by atoms with E-state index >= 15 is 0 Å². The highest BCUT2D eigenvalue weighted by molar-refractivity contribution is 7.99. The molecule has 0 unspecified atom stereocenters. The van der Waals surface area contributed by atoms with E-state index in [1.807, 2.05) is 6.07 Å². The van der Waals surface area contributed by atoms with Crippen molar-refractivity contribution in [2.75, 3.05) is 0 Å². The molecule has 0 aliphatic carbocycles. The van der Waals surface area contributed by atoms with E-state index in [1.165, 1.54) is 0 Å². The Morgan fingerprint density at radius 2 is 1.90 bits per heavy atom. The summed E-state index contributed by atoms with van der Waals surface area (Å²) in [4.78, 5) is 3.49. The van der Waals surface area contributed by atoms with Gasteiger partial charge in [-0.25, -0.2) is 0 Å². The fourth-order valence-corrected chi connectivity index (χ4v) is 3.37. The molecule has 3 rings (SSSR count). The first kappa shape index (κ1) is 14.6. The van der Waals surface area contributed by atoms with Crippen molar-refractivity contribution in [1.82, 2.24) is 9.55 Å². The summed E-state index contributed by atoms with van der Waals surface area (Å²) in [5, 5.41) is 0.511. The SMILES string of the molecule is FC(F)Sc1ccccc1-n1c(=S)[nH]c2cccc(Cl)c21. The van der Waals surface area contributed by atoms with Gasteiger partial charge in [-0.2, -0.15) is 8.78 Å². The van der Waals surface area contributed by atoms with Crippen molar-refractivity contribution in [3.05, 3.63) is 52.3 Å². The maximum absolute atomic E-state index is 12.7. The van der Waals surface area contributed by atoms with Gasteiger partial charge in [0.1, 0.15) is 0 Å². The number of H-pyrrole nitrogens is 1. The molecule has 1 heterocycles. The van der Waals surface area contributed by atoms with Gasteiger partial charge in [-0.1, -0.05) is 41.6 Å². The summed E-state index contributed by atoms with van der Waals surface area (Å²) >= 11 is 12.1. The van der Waals surface area contributed by atoms with Crippen molar-refractivity contribution in [3.8, 4) is 5.69 Å². The Balaban J connectivity index is 2.31. The van der Waals surface area contributed by atoms with Gasteiger partial charge in [-0.15, -0.1) is 0 Å². The smallest absolute Gasteiger partial charge is 0.288 e. The number of hydrogen-bond acceptors (Lipinski definition) is 2. The highest BCUT2D eigenvalue weighted by Gasteiger charge is 2.15. The van der Waals surface area contributed by atoms with Gasteiger partial charge >= 0.3 is 0 Å². The predicted octanol–water partition coefficient (Wildman–Crippen LogP) is 5.66. The lowest BCUT2D eigenvalue weighted by atomic mass is 10.3. The second-order valence-electron chi connectivity index (χ2n) is 4.25. The van der Waals surface area contributed by atoms with Crippen molar-refractivity contribution in [3.63, 3.8) is 0 Å². The summed E-state index contributed by atoms with van der Waals surface area (Å²) in [6.45, 7) is 0. The molecule has 1 aromatic heterocycles. The second kappa shape index (κ2) is 5.79. The van der Waals surface area contributed by atoms with Gasteiger partial charge in [0.25, 0.3) is 5.76 Å². The molecule has 0 amide bonds. The Kier molecular flexibility index (Phi) is 4.01. The Bertz CT molecular complexity index is 858. The normalized spacial score (nSPS) is 11.4. The van der Waals surface area contributed by atoms with Gasteiger partial charge in [-0.05, 0) is 36.5 Å². The van der Waals surface area contributed by atoms with Crippen molar-refractivity contribution in [1.29, 1.82) is 0 Å². The highest BCUT2D eigenvalue weighted by atomic mass is 35.5. The number of hydrogen-bond donors (Lipinski definition) is 1. The predicted molar refractivity (Wildman–Crippen MR) is 85.3 cm³/mol. The number of halogens is 3. The Morgan fingerprint density at radius 3 is 2.67 bits per heavy atom. The van der Waals surface area contributed by atoms with E-state index in [1.54, 1.807) is 41.0 Å². The number of imidazole rings is 1. The number of nitrogens with zero attached hydrogens (tertiary/aromatic N) is 1. The van der Waals surface area contributed by atoms with Crippen molar-refractivity contribution in [2.24, 2.45) is 0 Å². The second-order valence-corrected chi connectivity index (χ2v) is 6.07. The molecule has 0 atom stereocenters. The fourth-order valence-electron chi connectivity index (χ4n) is 2.18. The summed E-state index contributed by atoms with van der Waals surface area (Å²) in [6.07, 6.45) is 0. The minimum atomic E-state index is -2.50. The molecule has 2 nitrogen and oxygen atoms in total. The number of rotatable bonds is 3. The molecular formula is C14H9ClF2N2S2. The number of aromatic nitrogens is 2. The summed E-state index contributed by atoms with van der Waals surface area (Å²) in [6, 6.07) is 12.3. The lowest BCUT2D eigenvalue weighted by Crippen LogP contribution is -1.98. The van der Waals surface area contributed by atoms with E-state index in [9.17, 15) is 8.78 Å². The number of nitrogens with one attached hydrogen (secondary N) is 1. The van der Waals surface area contributed by atoms with Crippen LogP contribution in [0.1, 0.15) is 0 Å². The lowest BCUT2D eigenvalue weighted by Gasteiger charge is -2.11. The molecule has 0 aliphatic heterocycles. The van der Waals surface area contributed by atoms with Gasteiger partial charge in [0.05, 0.1) is 21.7 Å². The van der Waals surface area contributed by atoms with E-state index in [-0.39, 0.29) is 0 Å². The molecule has 21 heavy (non-hydrogen) atoms. The minimum Gasteiger partial charge on any atom is -0.330 e. The first-order valence-corrected chi connectivity index (χ1v) is 7.68. The van der Waals surface area contributed by atoms with Gasteiger partial charge in [0, 0.05) is 4.90 Å². The minimum absolute atomic E-state index is 0.417. The van der Waals surface area contributed by atoms with E-state index in [4.69, 9.17) is 23.8 Å². The quantitative estimate of drug-likeness (QED) is 0.490. The topological polar surface area (TPSA) is 20.7 Å². The molecule has 0 radical (unpaired) electrons. The first-order valence-electron chi connectivity index (χ1n) is 6.01. The summed E-state index contributed by atoms with van der Waals surface area (Å²) in [5.41, 5.74) is 2.04. The zero-order valence-electron chi connectivity index (χ0n) is 10.5. The van der Waals surface area contributed by atoms with E-state index < -0.39 is 5.76 Å². The van der Waals surface area contributed by atoms with Crippen molar-refractivity contribution >= 4 is 46.6 Å².